The van der Waals surface area contributed by atoms with Crippen molar-refractivity contribution >= 4 is 21.8 Å². The highest BCUT2D eigenvalue weighted by atomic mass is 79.9. The first kappa shape index (κ1) is 14.0. The van der Waals surface area contributed by atoms with E-state index >= 15 is 0 Å². The van der Waals surface area contributed by atoms with Crippen molar-refractivity contribution in [2.45, 2.75) is 6.18 Å². The third-order valence-corrected chi connectivity index (χ3v) is 2.57. The van der Waals surface area contributed by atoms with Crippen LogP contribution in [-0.2, 0) is 11.0 Å². The molecular formula is C10H9BrF3NO2. The third-order valence-electron chi connectivity index (χ3n) is 2.08. The van der Waals surface area contributed by atoms with E-state index in [9.17, 15) is 18.0 Å². The molecule has 0 aliphatic rings. The molecule has 1 amide bonds. The van der Waals surface area contributed by atoms with Crippen LogP contribution in [0.2, 0.25) is 0 Å². The van der Waals surface area contributed by atoms with Crippen LogP contribution in [0, 0.1) is 0 Å². The summed E-state index contributed by atoms with van der Waals surface area (Å²) in [5.74, 6) is -0.854. The molecule has 7 heteroatoms. The van der Waals surface area contributed by atoms with Crippen LogP contribution in [-0.4, -0.2) is 25.1 Å². The highest BCUT2D eigenvalue weighted by Gasteiger charge is 2.36. The molecule has 0 aliphatic carbocycles. The molecule has 0 saturated heterocycles. The number of amides is 1. The summed E-state index contributed by atoms with van der Waals surface area (Å²) in [4.78, 5) is 16.2. The second-order valence-corrected chi connectivity index (χ2v) is 4.09. The van der Waals surface area contributed by atoms with Gasteiger partial charge in [0.05, 0.1) is 18.2 Å². The Morgan fingerprint density at radius 2 is 2.00 bits per heavy atom. The summed E-state index contributed by atoms with van der Waals surface area (Å²) in [6.07, 6.45) is -4.59. The Morgan fingerprint density at radius 1 is 1.41 bits per heavy atom. The summed E-state index contributed by atoms with van der Waals surface area (Å²) >= 11 is 2.94. The van der Waals surface area contributed by atoms with Crippen LogP contribution in [0.1, 0.15) is 15.9 Å². The first-order valence-electron chi connectivity index (χ1n) is 4.46. The number of benzene rings is 1. The van der Waals surface area contributed by atoms with E-state index in [0.29, 0.717) is 0 Å². The topological polar surface area (TPSA) is 29.5 Å². The molecule has 0 bridgehead atoms. The maximum Gasteiger partial charge on any atom is 0.417 e. The summed E-state index contributed by atoms with van der Waals surface area (Å²) < 4.78 is 38.4. The Balaban J connectivity index is 3.29. The number of carbonyl (C=O) groups excluding carboxylic acids is 1. The summed E-state index contributed by atoms with van der Waals surface area (Å²) in [6, 6.07) is 3.33. The van der Waals surface area contributed by atoms with Gasteiger partial charge in [-0.1, -0.05) is 15.9 Å². The number of alkyl halides is 3. The Labute approximate surface area is 104 Å². The number of hydroxylamine groups is 2. The molecule has 0 unspecified atom stereocenters. The maximum atomic E-state index is 12.7. The standard InChI is InChI=1S/C10H9BrF3NO2/c1-15(17-2)9(16)7-4-3-6(11)5-8(7)10(12,13)14/h3-5H,1-2H3. The van der Waals surface area contributed by atoms with E-state index in [1.54, 1.807) is 0 Å². The minimum absolute atomic E-state index is 0.251. The van der Waals surface area contributed by atoms with Gasteiger partial charge in [0.25, 0.3) is 5.91 Å². The lowest BCUT2D eigenvalue weighted by Crippen LogP contribution is -2.27. The average Bonchev–Trinajstić information content (AvgIpc) is 2.25. The van der Waals surface area contributed by atoms with E-state index in [1.807, 2.05) is 0 Å². The van der Waals surface area contributed by atoms with Gasteiger partial charge in [-0.2, -0.15) is 13.2 Å². The third kappa shape index (κ3) is 3.19. The molecule has 0 radical (unpaired) electrons. The van der Waals surface area contributed by atoms with E-state index in [-0.39, 0.29) is 4.47 Å². The van der Waals surface area contributed by atoms with Gasteiger partial charge in [-0.05, 0) is 18.2 Å². The van der Waals surface area contributed by atoms with Crippen LogP contribution in [0.25, 0.3) is 0 Å². The predicted octanol–water partition coefficient (Wildman–Crippen LogP) is 3.10. The summed E-state index contributed by atoms with van der Waals surface area (Å²) in [6.45, 7) is 0. The van der Waals surface area contributed by atoms with E-state index in [1.165, 1.54) is 20.2 Å². The fourth-order valence-electron chi connectivity index (χ4n) is 1.19. The number of hydrogen-bond donors (Lipinski definition) is 0. The minimum atomic E-state index is -4.59. The highest BCUT2D eigenvalue weighted by Crippen LogP contribution is 2.34. The van der Waals surface area contributed by atoms with Crippen LogP contribution in [0.3, 0.4) is 0 Å². The minimum Gasteiger partial charge on any atom is -0.274 e. The van der Waals surface area contributed by atoms with Gasteiger partial charge in [0.1, 0.15) is 0 Å². The second kappa shape index (κ2) is 5.05. The van der Waals surface area contributed by atoms with Crippen molar-refractivity contribution in [1.82, 2.24) is 5.06 Å². The van der Waals surface area contributed by atoms with E-state index in [4.69, 9.17) is 0 Å². The molecule has 0 saturated carbocycles. The Morgan fingerprint density at radius 3 is 2.47 bits per heavy atom. The van der Waals surface area contributed by atoms with Gasteiger partial charge in [-0.25, -0.2) is 5.06 Å². The van der Waals surface area contributed by atoms with Gasteiger partial charge in [0.15, 0.2) is 0 Å². The van der Waals surface area contributed by atoms with Gasteiger partial charge in [0.2, 0.25) is 0 Å². The van der Waals surface area contributed by atoms with Crippen LogP contribution < -0.4 is 0 Å². The molecule has 0 atom stereocenters. The van der Waals surface area contributed by atoms with Crippen molar-refractivity contribution in [2.24, 2.45) is 0 Å². The molecule has 17 heavy (non-hydrogen) atoms. The fourth-order valence-corrected chi connectivity index (χ4v) is 1.55. The van der Waals surface area contributed by atoms with Crippen molar-refractivity contribution in [1.29, 1.82) is 0 Å². The monoisotopic (exact) mass is 311 g/mol. The number of rotatable bonds is 2. The van der Waals surface area contributed by atoms with Crippen LogP contribution in [0.15, 0.2) is 22.7 Å². The lowest BCUT2D eigenvalue weighted by molar-refractivity contribution is -0.138. The van der Waals surface area contributed by atoms with E-state index in [2.05, 4.69) is 20.8 Å². The maximum absolute atomic E-state index is 12.7. The molecule has 1 rings (SSSR count). The van der Waals surface area contributed by atoms with Crippen LogP contribution in [0.4, 0.5) is 13.2 Å². The first-order chi connectivity index (χ1) is 7.77. The summed E-state index contributed by atoms with van der Waals surface area (Å²) in [5.41, 5.74) is -1.45. The number of nitrogens with zero attached hydrogens (tertiary/aromatic N) is 1. The molecule has 0 spiro atoms. The van der Waals surface area contributed by atoms with E-state index < -0.39 is 23.2 Å². The molecule has 0 fully saturated rings. The molecule has 0 heterocycles. The summed E-state index contributed by atoms with van der Waals surface area (Å²) in [7, 11) is 2.44. The Hall–Kier alpha value is -1.08. The van der Waals surface area contributed by atoms with Gasteiger partial charge < -0.3 is 0 Å². The van der Waals surface area contributed by atoms with Crippen LogP contribution in [0.5, 0.6) is 0 Å². The zero-order chi connectivity index (χ0) is 13.2. The molecule has 0 N–H and O–H groups in total. The Bertz CT molecular complexity index is 434. The van der Waals surface area contributed by atoms with E-state index in [0.717, 1.165) is 17.2 Å². The zero-order valence-electron chi connectivity index (χ0n) is 9.01. The van der Waals surface area contributed by atoms with Crippen molar-refractivity contribution in [2.75, 3.05) is 14.2 Å². The number of carbonyl (C=O) groups is 1. The largest absolute Gasteiger partial charge is 0.417 e. The van der Waals surface area contributed by atoms with Gasteiger partial charge in [-0.3, -0.25) is 9.63 Å². The van der Waals surface area contributed by atoms with Gasteiger partial charge in [0, 0.05) is 11.5 Å². The van der Waals surface area contributed by atoms with Crippen molar-refractivity contribution < 1.29 is 22.8 Å². The first-order valence-corrected chi connectivity index (χ1v) is 5.25. The van der Waals surface area contributed by atoms with Gasteiger partial charge >= 0.3 is 6.18 Å². The van der Waals surface area contributed by atoms with Gasteiger partial charge in [-0.15, -0.1) is 0 Å². The second-order valence-electron chi connectivity index (χ2n) is 3.17. The zero-order valence-corrected chi connectivity index (χ0v) is 10.6. The van der Waals surface area contributed by atoms with Crippen molar-refractivity contribution in [3.63, 3.8) is 0 Å². The summed E-state index contributed by atoms with van der Waals surface area (Å²) in [5, 5.41) is 0.735. The average molecular weight is 312 g/mol. The van der Waals surface area contributed by atoms with Crippen molar-refractivity contribution in [3.05, 3.63) is 33.8 Å². The SMILES string of the molecule is CON(C)C(=O)c1ccc(Br)cc1C(F)(F)F. The molecule has 0 aromatic heterocycles. The lowest BCUT2D eigenvalue weighted by atomic mass is 10.1. The molecule has 1 aromatic carbocycles. The van der Waals surface area contributed by atoms with Crippen LogP contribution >= 0.6 is 15.9 Å². The fraction of sp³-hybridized carbons (Fsp3) is 0.300. The smallest absolute Gasteiger partial charge is 0.274 e. The number of hydrogen-bond acceptors (Lipinski definition) is 2. The van der Waals surface area contributed by atoms with Crippen molar-refractivity contribution in [3.8, 4) is 0 Å². The molecule has 94 valence electrons. The lowest BCUT2D eigenvalue weighted by Gasteiger charge is -2.17. The molecule has 0 aliphatic heterocycles. The predicted molar refractivity (Wildman–Crippen MR) is 58.2 cm³/mol. The molecule has 3 nitrogen and oxygen atoms in total. The highest BCUT2D eigenvalue weighted by molar-refractivity contribution is 9.10. The quantitative estimate of drug-likeness (QED) is 0.785. The molecule has 1 aromatic rings. The Kier molecular flexibility index (Phi) is 4.16. The number of halogens is 4. The normalized spacial score (nSPS) is 11.4. The molecular weight excluding hydrogens is 303 g/mol.